The van der Waals surface area contributed by atoms with Crippen LogP contribution in [0.25, 0.3) is 0 Å². The molecule has 2 aliphatic heterocycles. The van der Waals surface area contributed by atoms with E-state index in [9.17, 15) is 18.0 Å². The molecule has 7 nitrogen and oxygen atoms in total. The average Bonchev–Trinajstić information content (AvgIpc) is 3.21. The number of fused-ring (bicyclic) bond motifs is 1. The molecule has 4 rings (SSSR count). The SMILES string of the molecule is CC1CC(C)CN(S(=O)(=O)c2ccc(C(=O)OCC(=O)N3CCc4ccccc43)cc2)C1. The summed E-state index contributed by atoms with van der Waals surface area (Å²) in [7, 11) is -3.62. The molecule has 0 bridgehead atoms. The molecule has 2 unspecified atom stereocenters. The van der Waals surface area contributed by atoms with Gasteiger partial charge in [-0.05, 0) is 60.6 Å². The van der Waals surface area contributed by atoms with Crippen molar-refractivity contribution >= 4 is 27.6 Å². The Labute approximate surface area is 189 Å². The maximum Gasteiger partial charge on any atom is 0.338 e. The van der Waals surface area contributed by atoms with Crippen LogP contribution in [0.5, 0.6) is 0 Å². The summed E-state index contributed by atoms with van der Waals surface area (Å²) in [4.78, 5) is 26.7. The molecule has 32 heavy (non-hydrogen) atoms. The average molecular weight is 457 g/mol. The minimum Gasteiger partial charge on any atom is -0.452 e. The number of anilines is 1. The van der Waals surface area contributed by atoms with Gasteiger partial charge in [0, 0.05) is 25.3 Å². The monoisotopic (exact) mass is 456 g/mol. The molecule has 170 valence electrons. The fourth-order valence-corrected chi connectivity index (χ4v) is 6.28. The number of sulfonamides is 1. The lowest BCUT2D eigenvalue weighted by molar-refractivity contribution is -0.121. The van der Waals surface area contributed by atoms with Crippen LogP contribution in [0.4, 0.5) is 5.69 Å². The second-order valence-electron chi connectivity index (χ2n) is 8.79. The number of rotatable bonds is 5. The molecule has 1 fully saturated rings. The van der Waals surface area contributed by atoms with Crippen molar-refractivity contribution in [1.82, 2.24) is 4.31 Å². The molecule has 2 heterocycles. The molecule has 0 aliphatic carbocycles. The highest BCUT2D eigenvalue weighted by atomic mass is 32.2. The lowest BCUT2D eigenvalue weighted by atomic mass is 9.94. The molecule has 2 aliphatic rings. The summed E-state index contributed by atoms with van der Waals surface area (Å²) < 4.78 is 32.7. The molecule has 0 saturated carbocycles. The van der Waals surface area contributed by atoms with Crippen LogP contribution in [0.1, 0.15) is 36.2 Å². The highest BCUT2D eigenvalue weighted by Crippen LogP contribution is 2.28. The number of hydrogen-bond donors (Lipinski definition) is 0. The number of benzene rings is 2. The van der Waals surface area contributed by atoms with Crippen LogP contribution in [0.3, 0.4) is 0 Å². The molecule has 2 atom stereocenters. The van der Waals surface area contributed by atoms with E-state index >= 15 is 0 Å². The van der Waals surface area contributed by atoms with Gasteiger partial charge in [0.15, 0.2) is 6.61 Å². The maximum absolute atomic E-state index is 13.0. The van der Waals surface area contributed by atoms with E-state index in [1.807, 2.05) is 24.3 Å². The lowest BCUT2D eigenvalue weighted by Crippen LogP contribution is -2.42. The number of hydrogen-bond acceptors (Lipinski definition) is 5. The van der Waals surface area contributed by atoms with E-state index in [1.165, 1.54) is 28.6 Å². The summed E-state index contributed by atoms with van der Waals surface area (Å²) in [6, 6.07) is 13.4. The molecular formula is C24H28N2O5S. The Morgan fingerprint density at radius 3 is 2.34 bits per heavy atom. The van der Waals surface area contributed by atoms with Gasteiger partial charge in [-0.15, -0.1) is 0 Å². The Morgan fingerprint density at radius 2 is 1.66 bits per heavy atom. The third-order valence-corrected chi connectivity index (χ3v) is 7.92. The Morgan fingerprint density at radius 1 is 1.00 bits per heavy atom. The van der Waals surface area contributed by atoms with Crippen molar-refractivity contribution in [3.63, 3.8) is 0 Å². The number of carbonyl (C=O) groups is 2. The predicted octanol–water partition coefficient (Wildman–Crippen LogP) is 3.10. The molecule has 1 amide bonds. The summed E-state index contributed by atoms with van der Waals surface area (Å²) >= 11 is 0. The molecule has 2 aromatic carbocycles. The third-order valence-electron chi connectivity index (χ3n) is 6.08. The van der Waals surface area contributed by atoms with Crippen LogP contribution in [0.15, 0.2) is 53.4 Å². The first-order valence-corrected chi connectivity index (χ1v) is 12.4. The van der Waals surface area contributed by atoms with Crippen LogP contribution in [-0.2, 0) is 26.0 Å². The highest BCUT2D eigenvalue weighted by Gasteiger charge is 2.32. The van der Waals surface area contributed by atoms with E-state index in [2.05, 4.69) is 13.8 Å². The van der Waals surface area contributed by atoms with Crippen LogP contribution >= 0.6 is 0 Å². The van der Waals surface area contributed by atoms with Crippen molar-refractivity contribution in [2.75, 3.05) is 31.1 Å². The highest BCUT2D eigenvalue weighted by molar-refractivity contribution is 7.89. The van der Waals surface area contributed by atoms with E-state index in [1.54, 1.807) is 4.90 Å². The predicted molar refractivity (Wildman–Crippen MR) is 121 cm³/mol. The molecule has 0 N–H and O–H groups in total. The standard InChI is InChI=1S/C24H28N2O5S/c1-17-13-18(2)15-25(14-17)32(29,30)21-9-7-20(8-10-21)24(28)31-16-23(27)26-12-11-19-5-3-4-6-22(19)26/h3-10,17-18H,11-16H2,1-2H3. The van der Waals surface area contributed by atoms with Crippen molar-refractivity contribution < 1.29 is 22.7 Å². The van der Waals surface area contributed by atoms with Crippen LogP contribution in [0, 0.1) is 11.8 Å². The number of ether oxygens (including phenoxy) is 1. The van der Waals surface area contributed by atoms with Crippen LogP contribution in [-0.4, -0.2) is 50.8 Å². The Bertz CT molecular complexity index is 1100. The second kappa shape index (κ2) is 9.03. The Kier molecular flexibility index (Phi) is 6.35. The van der Waals surface area contributed by atoms with Crippen molar-refractivity contribution in [3.05, 3.63) is 59.7 Å². The van der Waals surface area contributed by atoms with E-state index in [0.717, 1.165) is 24.1 Å². The normalized spacial score (nSPS) is 21.2. The number of esters is 1. The number of para-hydroxylation sites is 1. The Hall–Kier alpha value is -2.71. The van der Waals surface area contributed by atoms with Gasteiger partial charge in [0.25, 0.3) is 5.91 Å². The molecule has 0 spiro atoms. The number of amides is 1. The summed E-state index contributed by atoms with van der Waals surface area (Å²) in [5.41, 5.74) is 2.16. The van der Waals surface area contributed by atoms with E-state index < -0.39 is 16.0 Å². The van der Waals surface area contributed by atoms with Crippen molar-refractivity contribution in [2.45, 2.75) is 31.6 Å². The van der Waals surface area contributed by atoms with Crippen molar-refractivity contribution in [1.29, 1.82) is 0 Å². The number of nitrogens with zero attached hydrogens (tertiary/aromatic N) is 2. The minimum absolute atomic E-state index is 0.153. The number of piperidine rings is 1. The third kappa shape index (κ3) is 4.56. The van der Waals surface area contributed by atoms with E-state index in [-0.39, 0.29) is 23.0 Å². The number of carbonyl (C=O) groups excluding carboxylic acids is 2. The van der Waals surface area contributed by atoms with Gasteiger partial charge in [-0.1, -0.05) is 32.0 Å². The van der Waals surface area contributed by atoms with Gasteiger partial charge >= 0.3 is 5.97 Å². The molecule has 8 heteroatoms. The molecule has 2 aromatic rings. The largest absolute Gasteiger partial charge is 0.452 e. The van der Waals surface area contributed by atoms with Crippen LogP contribution < -0.4 is 4.90 Å². The zero-order chi connectivity index (χ0) is 22.9. The topological polar surface area (TPSA) is 84.0 Å². The first-order valence-electron chi connectivity index (χ1n) is 10.9. The molecule has 1 saturated heterocycles. The lowest BCUT2D eigenvalue weighted by Gasteiger charge is -2.34. The maximum atomic E-state index is 13.0. The van der Waals surface area contributed by atoms with E-state index in [4.69, 9.17) is 4.74 Å². The molecular weight excluding hydrogens is 428 g/mol. The first kappa shape index (κ1) is 22.5. The zero-order valence-corrected chi connectivity index (χ0v) is 19.2. The van der Waals surface area contributed by atoms with Gasteiger partial charge in [-0.25, -0.2) is 13.2 Å². The minimum atomic E-state index is -3.62. The molecule has 0 aromatic heterocycles. The fraction of sp³-hybridized carbons (Fsp3) is 0.417. The van der Waals surface area contributed by atoms with Gasteiger partial charge in [-0.2, -0.15) is 4.31 Å². The quantitative estimate of drug-likeness (QED) is 0.646. The Balaban J connectivity index is 1.38. The second-order valence-corrected chi connectivity index (χ2v) is 10.7. The summed E-state index contributed by atoms with van der Waals surface area (Å²) in [5, 5.41) is 0. The summed E-state index contributed by atoms with van der Waals surface area (Å²) in [6.07, 6.45) is 1.79. The van der Waals surface area contributed by atoms with Gasteiger partial charge in [0.2, 0.25) is 10.0 Å². The smallest absolute Gasteiger partial charge is 0.338 e. The van der Waals surface area contributed by atoms with E-state index in [0.29, 0.717) is 31.5 Å². The van der Waals surface area contributed by atoms with Gasteiger partial charge in [0.05, 0.1) is 10.5 Å². The fourth-order valence-electron chi connectivity index (χ4n) is 4.60. The van der Waals surface area contributed by atoms with Gasteiger partial charge < -0.3 is 9.64 Å². The summed E-state index contributed by atoms with van der Waals surface area (Å²) in [5.74, 6) is -0.323. The van der Waals surface area contributed by atoms with Gasteiger partial charge in [-0.3, -0.25) is 4.79 Å². The van der Waals surface area contributed by atoms with Gasteiger partial charge in [0.1, 0.15) is 0 Å². The summed E-state index contributed by atoms with van der Waals surface area (Å²) in [6.45, 7) is 5.31. The van der Waals surface area contributed by atoms with Crippen molar-refractivity contribution in [3.8, 4) is 0 Å². The van der Waals surface area contributed by atoms with Crippen LogP contribution in [0.2, 0.25) is 0 Å². The first-order chi connectivity index (χ1) is 15.3. The zero-order valence-electron chi connectivity index (χ0n) is 18.4. The molecule has 0 radical (unpaired) electrons. The van der Waals surface area contributed by atoms with Crippen molar-refractivity contribution in [2.24, 2.45) is 11.8 Å².